The SMILES string of the molecule is COc1cc(Cl)c(F)cc1NC(=O)c1occ2c1CCOC2. The fourth-order valence-corrected chi connectivity index (χ4v) is 2.49. The van der Waals surface area contributed by atoms with E-state index in [2.05, 4.69) is 5.32 Å². The van der Waals surface area contributed by atoms with Crippen molar-refractivity contribution >= 4 is 23.2 Å². The van der Waals surface area contributed by atoms with Crippen LogP contribution >= 0.6 is 11.6 Å². The zero-order valence-corrected chi connectivity index (χ0v) is 12.5. The molecule has 0 radical (unpaired) electrons. The molecule has 1 aliphatic heterocycles. The van der Waals surface area contributed by atoms with Crippen LogP contribution in [0.4, 0.5) is 10.1 Å². The van der Waals surface area contributed by atoms with Gasteiger partial charge in [-0.3, -0.25) is 4.79 Å². The fraction of sp³-hybridized carbons (Fsp3) is 0.267. The van der Waals surface area contributed by atoms with E-state index in [0.717, 1.165) is 17.2 Å². The number of hydrogen-bond donors (Lipinski definition) is 1. The summed E-state index contributed by atoms with van der Waals surface area (Å²) in [6.45, 7) is 0.955. The quantitative estimate of drug-likeness (QED) is 0.939. The number of benzene rings is 1. The van der Waals surface area contributed by atoms with Crippen LogP contribution in [-0.4, -0.2) is 19.6 Å². The summed E-state index contributed by atoms with van der Waals surface area (Å²) in [5.74, 6) is -0.643. The van der Waals surface area contributed by atoms with E-state index in [1.54, 1.807) is 0 Å². The van der Waals surface area contributed by atoms with Crippen LogP contribution in [0.15, 0.2) is 22.8 Å². The number of carbonyl (C=O) groups excluding carboxylic acids is 1. The van der Waals surface area contributed by atoms with Crippen molar-refractivity contribution in [2.45, 2.75) is 13.0 Å². The molecule has 3 rings (SSSR count). The Morgan fingerprint density at radius 2 is 2.27 bits per heavy atom. The topological polar surface area (TPSA) is 60.7 Å². The molecule has 2 heterocycles. The van der Waals surface area contributed by atoms with Gasteiger partial charge in [0.05, 0.1) is 37.3 Å². The Balaban J connectivity index is 1.89. The molecule has 0 bridgehead atoms. The average molecular weight is 326 g/mol. The highest BCUT2D eigenvalue weighted by Crippen LogP contribution is 2.31. The van der Waals surface area contributed by atoms with Crippen molar-refractivity contribution in [2.24, 2.45) is 0 Å². The summed E-state index contributed by atoms with van der Waals surface area (Å²) in [5.41, 5.74) is 1.86. The predicted molar refractivity (Wildman–Crippen MR) is 78.0 cm³/mol. The van der Waals surface area contributed by atoms with Crippen LogP contribution in [0.3, 0.4) is 0 Å². The first-order chi connectivity index (χ1) is 10.6. The van der Waals surface area contributed by atoms with E-state index < -0.39 is 11.7 Å². The normalized spacial score (nSPS) is 13.6. The molecule has 0 spiro atoms. The number of fused-ring (bicyclic) bond motifs is 1. The van der Waals surface area contributed by atoms with Crippen molar-refractivity contribution in [1.82, 2.24) is 0 Å². The Hall–Kier alpha value is -2.05. The van der Waals surface area contributed by atoms with Gasteiger partial charge in [-0.15, -0.1) is 0 Å². The summed E-state index contributed by atoms with van der Waals surface area (Å²) in [6.07, 6.45) is 2.10. The summed E-state index contributed by atoms with van der Waals surface area (Å²) >= 11 is 5.70. The predicted octanol–water partition coefficient (Wildman–Crippen LogP) is 3.41. The molecule has 0 fully saturated rings. The second-order valence-electron chi connectivity index (χ2n) is 4.79. The van der Waals surface area contributed by atoms with Crippen molar-refractivity contribution in [3.8, 4) is 5.75 Å². The molecule has 1 aromatic heterocycles. The number of amides is 1. The van der Waals surface area contributed by atoms with Crippen LogP contribution in [0.25, 0.3) is 0 Å². The van der Waals surface area contributed by atoms with Gasteiger partial charge in [0, 0.05) is 29.7 Å². The number of methoxy groups -OCH3 is 1. The first-order valence-electron chi connectivity index (χ1n) is 6.61. The lowest BCUT2D eigenvalue weighted by molar-refractivity contribution is 0.0988. The van der Waals surface area contributed by atoms with Gasteiger partial charge >= 0.3 is 0 Å². The molecule has 2 aromatic rings. The molecule has 0 saturated carbocycles. The molecule has 1 aromatic carbocycles. The average Bonchev–Trinajstić information content (AvgIpc) is 2.94. The highest BCUT2D eigenvalue weighted by Gasteiger charge is 2.23. The molecular formula is C15H13ClFNO4. The molecule has 0 aliphatic carbocycles. The number of halogens is 2. The number of ether oxygens (including phenoxy) is 2. The van der Waals surface area contributed by atoms with Gasteiger partial charge < -0.3 is 19.2 Å². The number of hydrogen-bond acceptors (Lipinski definition) is 4. The van der Waals surface area contributed by atoms with Gasteiger partial charge in [0.1, 0.15) is 11.6 Å². The van der Waals surface area contributed by atoms with Gasteiger partial charge in [0.15, 0.2) is 5.76 Å². The highest BCUT2D eigenvalue weighted by molar-refractivity contribution is 6.31. The summed E-state index contributed by atoms with van der Waals surface area (Å²) < 4.78 is 29.3. The fourth-order valence-electron chi connectivity index (χ4n) is 2.33. The maximum atomic E-state index is 13.6. The molecule has 0 unspecified atom stereocenters. The van der Waals surface area contributed by atoms with E-state index in [1.165, 1.54) is 19.4 Å². The van der Waals surface area contributed by atoms with Crippen LogP contribution in [0.5, 0.6) is 5.75 Å². The van der Waals surface area contributed by atoms with E-state index in [4.69, 9.17) is 25.5 Å². The summed E-state index contributed by atoms with van der Waals surface area (Å²) in [7, 11) is 1.41. The third kappa shape index (κ3) is 2.67. The number of carbonyl (C=O) groups is 1. The Bertz CT molecular complexity index is 729. The highest BCUT2D eigenvalue weighted by atomic mass is 35.5. The minimum Gasteiger partial charge on any atom is -0.495 e. The second-order valence-corrected chi connectivity index (χ2v) is 5.20. The second kappa shape index (κ2) is 5.98. The van der Waals surface area contributed by atoms with E-state index in [0.29, 0.717) is 19.6 Å². The van der Waals surface area contributed by atoms with Crippen LogP contribution in [0, 0.1) is 5.82 Å². The first kappa shape index (κ1) is 14.9. The standard InChI is InChI=1S/C15H13ClFNO4/c1-20-13-4-10(16)11(17)5-12(13)18-15(19)14-9-2-3-21-6-8(9)7-22-14/h4-5,7H,2-3,6H2,1H3,(H,18,19). The Morgan fingerprint density at radius 1 is 1.45 bits per heavy atom. The molecule has 0 saturated heterocycles. The van der Waals surface area contributed by atoms with Gasteiger partial charge in [0.25, 0.3) is 5.91 Å². The van der Waals surface area contributed by atoms with Gasteiger partial charge in [-0.1, -0.05) is 11.6 Å². The lowest BCUT2D eigenvalue weighted by atomic mass is 10.1. The number of nitrogens with one attached hydrogen (secondary N) is 1. The molecule has 7 heteroatoms. The molecule has 1 amide bonds. The molecule has 5 nitrogen and oxygen atoms in total. The van der Waals surface area contributed by atoms with Crippen LogP contribution in [0.2, 0.25) is 5.02 Å². The van der Waals surface area contributed by atoms with E-state index in [-0.39, 0.29) is 22.2 Å². The van der Waals surface area contributed by atoms with Crippen LogP contribution < -0.4 is 10.1 Å². The molecule has 22 heavy (non-hydrogen) atoms. The maximum Gasteiger partial charge on any atom is 0.291 e. The summed E-state index contributed by atoms with van der Waals surface area (Å²) in [4.78, 5) is 12.4. The largest absolute Gasteiger partial charge is 0.495 e. The zero-order valence-electron chi connectivity index (χ0n) is 11.7. The van der Waals surface area contributed by atoms with Gasteiger partial charge in [-0.25, -0.2) is 4.39 Å². The minimum absolute atomic E-state index is 0.0811. The van der Waals surface area contributed by atoms with Crippen LogP contribution in [0.1, 0.15) is 21.7 Å². The number of furan rings is 1. The molecule has 116 valence electrons. The van der Waals surface area contributed by atoms with Gasteiger partial charge in [-0.2, -0.15) is 0 Å². The minimum atomic E-state index is -0.646. The lowest BCUT2D eigenvalue weighted by Gasteiger charge is -2.13. The third-order valence-corrected chi connectivity index (χ3v) is 3.72. The van der Waals surface area contributed by atoms with Crippen molar-refractivity contribution in [2.75, 3.05) is 19.0 Å². The van der Waals surface area contributed by atoms with Gasteiger partial charge in [-0.05, 0) is 0 Å². The zero-order chi connectivity index (χ0) is 15.7. The summed E-state index contributed by atoms with van der Waals surface area (Å²) in [6, 6.07) is 2.41. The van der Waals surface area contributed by atoms with Crippen molar-refractivity contribution in [1.29, 1.82) is 0 Å². The van der Waals surface area contributed by atoms with E-state index in [9.17, 15) is 9.18 Å². The van der Waals surface area contributed by atoms with Crippen LogP contribution in [-0.2, 0) is 17.8 Å². The smallest absolute Gasteiger partial charge is 0.291 e. The third-order valence-electron chi connectivity index (χ3n) is 3.43. The Labute approximate surface area is 131 Å². The van der Waals surface area contributed by atoms with Crippen molar-refractivity contribution < 1.29 is 23.1 Å². The lowest BCUT2D eigenvalue weighted by Crippen LogP contribution is -2.17. The van der Waals surface area contributed by atoms with Crippen molar-refractivity contribution in [3.05, 3.63) is 46.1 Å². The van der Waals surface area contributed by atoms with Crippen molar-refractivity contribution in [3.63, 3.8) is 0 Å². The molecular weight excluding hydrogens is 313 g/mol. The van der Waals surface area contributed by atoms with E-state index in [1.807, 2.05) is 0 Å². The number of anilines is 1. The Kier molecular flexibility index (Phi) is 4.04. The Morgan fingerprint density at radius 3 is 3.05 bits per heavy atom. The monoisotopic (exact) mass is 325 g/mol. The number of rotatable bonds is 3. The van der Waals surface area contributed by atoms with Gasteiger partial charge in [0.2, 0.25) is 0 Å². The molecule has 0 atom stereocenters. The molecule has 1 N–H and O–H groups in total. The van der Waals surface area contributed by atoms with E-state index >= 15 is 0 Å². The summed E-state index contributed by atoms with van der Waals surface area (Å²) in [5, 5.41) is 2.50. The first-order valence-corrected chi connectivity index (χ1v) is 6.99. The molecule has 1 aliphatic rings. The maximum absolute atomic E-state index is 13.6.